The molecule has 2 aromatic carbocycles. The Morgan fingerprint density at radius 1 is 1.08 bits per heavy atom. The van der Waals surface area contributed by atoms with Crippen molar-refractivity contribution in [1.29, 1.82) is 0 Å². The summed E-state index contributed by atoms with van der Waals surface area (Å²) in [6.45, 7) is 0.469. The van der Waals surface area contributed by atoms with Crippen LogP contribution in [-0.2, 0) is 6.61 Å². The third kappa shape index (κ3) is 2.59. The minimum Gasteiger partial charge on any atom is -0.488 e. The molecule has 118 valence electrons. The second-order valence-electron chi connectivity index (χ2n) is 5.29. The molecule has 0 aliphatic heterocycles. The molecule has 0 N–H and O–H groups in total. The Morgan fingerprint density at radius 3 is 2.71 bits per heavy atom. The molecule has 4 rings (SSSR count). The van der Waals surface area contributed by atoms with E-state index in [0.29, 0.717) is 18.0 Å². The van der Waals surface area contributed by atoms with E-state index in [4.69, 9.17) is 4.74 Å². The Balaban J connectivity index is 1.72. The van der Waals surface area contributed by atoms with Gasteiger partial charge in [-0.25, -0.2) is 4.98 Å². The van der Waals surface area contributed by atoms with E-state index >= 15 is 0 Å². The molecule has 0 atom stereocenters. The highest BCUT2D eigenvalue weighted by Crippen LogP contribution is 2.33. The quantitative estimate of drug-likeness (QED) is 0.506. The Hall–Kier alpha value is -2.92. The highest BCUT2D eigenvalue weighted by molar-refractivity contribution is 7.15. The number of nitrogens with zero attached hydrogens (tertiary/aromatic N) is 2. The zero-order valence-electron chi connectivity index (χ0n) is 12.8. The van der Waals surface area contributed by atoms with Crippen LogP contribution in [0.5, 0.6) is 5.75 Å². The van der Waals surface area contributed by atoms with E-state index in [1.54, 1.807) is 4.40 Å². The molecular formula is C19H14N2O2S. The number of aldehydes is 1. The van der Waals surface area contributed by atoms with Gasteiger partial charge in [-0.15, -0.1) is 11.3 Å². The summed E-state index contributed by atoms with van der Waals surface area (Å²) < 4.78 is 7.79. The number of ether oxygens (including phenoxy) is 1. The van der Waals surface area contributed by atoms with Gasteiger partial charge in [0.15, 0.2) is 11.2 Å². The summed E-state index contributed by atoms with van der Waals surface area (Å²) in [5.74, 6) is 0.718. The second kappa shape index (κ2) is 6.29. The lowest BCUT2D eigenvalue weighted by Crippen LogP contribution is -1.98. The van der Waals surface area contributed by atoms with Crippen molar-refractivity contribution < 1.29 is 9.53 Å². The van der Waals surface area contributed by atoms with E-state index in [1.165, 1.54) is 11.3 Å². The van der Waals surface area contributed by atoms with Crippen LogP contribution < -0.4 is 4.74 Å². The minimum absolute atomic E-state index is 0.469. The van der Waals surface area contributed by atoms with Gasteiger partial charge in [0.2, 0.25) is 0 Å². The van der Waals surface area contributed by atoms with Gasteiger partial charge < -0.3 is 4.74 Å². The van der Waals surface area contributed by atoms with E-state index in [9.17, 15) is 4.79 Å². The van der Waals surface area contributed by atoms with Gasteiger partial charge in [0.05, 0.1) is 0 Å². The molecule has 0 amide bonds. The Kier molecular flexibility index (Phi) is 3.84. The Labute approximate surface area is 143 Å². The topological polar surface area (TPSA) is 43.6 Å². The van der Waals surface area contributed by atoms with Gasteiger partial charge in [-0.1, -0.05) is 42.5 Å². The highest BCUT2D eigenvalue weighted by atomic mass is 32.1. The predicted molar refractivity (Wildman–Crippen MR) is 94.7 cm³/mol. The normalized spacial score (nSPS) is 10.8. The van der Waals surface area contributed by atoms with E-state index in [2.05, 4.69) is 4.98 Å². The number of rotatable bonds is 5. The van der Waals surface area contributed by atoms with Crippen LogP contribution in [-0.4, -0.2) is 15.7 Å². The van der Waals surface area contributed by atoms with Crippen molar-refractivity contribution in [3.05, 3.63) is 77.4 Å². The number of carbonyl (C=O) groups is 1. The smallest absolute Gasteiger partial charge is 0.194 e. The number of hydrogen-bond donors (Lipinski definition) is 0. The summed E-state index contributed by atoms with van der Waals surface area (Å²) in [4.78, 5) is 17.0. The zero-order chi connectivity index (χ0) is 16.4. The molecule has 0 aliphatic rings. The van der Waals surface area contributed by atoms with Crippen LogP contribution in [0.15, 0.2) is 66.2 Å². The fourth-order valence-corrected chi connectivity index (χ4v) is 3.36. The van der Waals surface area contributed by atoms with Gasteiger partial charge in [-0.05, 0) is 17.7 Å². The first-order valence-corrected chi connectivity index (χ1v) is 8.41. The van der Waals surface area contributed by atoms with Gasteiger partial charge in [0.1, 0.15) is 23.7 Å². The maximum absolute atomic E-state index is 11.6. The predicted octanol–water partition coefficient (Wildman–Crippen LogP) is 4.45. The molecule has 0 saturated heterocycles. The molecule has 0 saturated carbocycles. The van der Waals surface area contributed by atoms with Crippen LogP contribution in [0.25, 0.3) is 16.2 Å². The van der Waals surface area contributed by atoms with Crippen molar-refractivity contribution in [2.75, 3.05) is 0 Å². The summed E-state index contributed by atoms with van der Waals surface area (Å²) in [5.41, 5.74) is 3.11. The van der Waals surface area contributed by atoms with Crippen molar-refractivity contribution in [1.82, 2.24) is 9.38 Å². The maximum atomic E-state index is 11.6. The average molecular weight is 334 g/mol. The molecule has 0 spiro atoms. The fourth-order valence-electron chi connectivity index (χ4n) is 2.64. The molecule has 4 aromatic rings. The van der Waals surface area contributed by atoms with Crippen LogP contribution in [0.2, 0.25) is 0 Å². The molecule has 0 aliphatic carbocycles. The van der Waals surface area contributed by atoms with Gasteiger partial charge in [-0.3, -0.25) is 9.20 Å². The van der Waals surface area contributed by atoms with Crippen molar-refractivity contribution in [2.24, 2.45) is 0 Å². The minimum atomic E-state index is 0.469. The van der Waals surface area contributed by atoms with Crippen LogP contribution in [0, 0.1) is 0 Å². The molecule has 24 heavy (non-hydrogen) atoms. The van der Waals surface area contributed by atoms with E-state index in [-0.39, 0.29) is 0 Å². The molecule has 0 bridgehead atoms. The zero-order valence-corrected chi connectivity index (χ0v) is 13.6. The fraction of sp³-hybridized carbons (Fsp3) is 0.0526. The Bertz CT molecular complexity index is 989. The van der Waals surface area contributed by atoms with Crippen molar-refractivity contribution in [2.45, 2.75) is 6.61 Å². The summed E-state index contributed by atoms with van der Waals surface area (Å²) in [6, 6.07) is 17.7. The molecule has 0 radical (unpaired) electrons. The lowest BCUT2D eigenvalue weighted by Gasteiger charge is -2.10. The maximum Gasteiger partial charge on any atom is 0.194 e. The largest absolute Gasteiger partial charge is 0.488 e. The number of para-hydroxylation sites is 1. The lowest BCUT2D eigenvalue weighted by atomic mass is 10.1. The average Bonchev–Trinajstić information content (AvgIpc) is 3.22. The van der Waals surface area contributed by atoms with Crippen molar-refractivity contribution in [3.63, 3.8) is 0 Å². The molecule has 2 heterocycles. The summed E-state index contributed by atoms with van der Waals surface area (Å²) in [5, 5.41) is 1.91. The van der Waals surface area contributed by atoms with E-state index in [1.807, 2.05) is 66.2 Å². The highest BCUT2D eigenvalue weighted by Gasteiger charge is 2.17. The Morgan fingerprint density at radius 2 is 1.88 bits per heavy atom. The van der Waals surface area contributed by atoms with Crippen molar-refractivity contribution >= 4 is 22.6 Å². The molecule has 0 fully saturated rings. The van der Waals surface area contributed by atoms with Crippen LogP contribution in [0.1, 0.15) is 16.1 Å². The van der Waals surface area contributed by atoms with Gasteiger partial charge in [0, 0.05) is 17.1 Å². The summed E-state index contributed by atoms with van der Waals surface area (Å²) in [7, 11) is 0. The SMILES string of the molecule is O=Cc1c(-c2ccccc2OCc2ccccc2)nc2sccn12. The second-order valence-corrected chi connectivity index (χ2v) is 6.16. The molecule has 5 heteroatoms. The number of aromatic nitrogens is 2. The van der Waals surface area contributed by atoms with Gasteiger partial charge >= 0.3 is 0 Å². The molecular weight excluding hydrogens is 320 g/mol. The number of benzene rings is 2. The van der Waals surface area contributed by atoms with Crippen LogP contribution in [0.4, 0.5) is 0 Å². The molecule has 2 aromatic heterocycles. The molecule has 4 nitrogen and oxygen atoms in total. The molecule has 0 unspecified atom stereocenters. The summed E-state index contributed by atoms with van der Waals surface area (Å²) in [6.07, 6.45) is 2.70. The van der Waals surface area contributed by atoms with Crippen LogP contribution in [0.3, 0.4) is 0 Å². The van der Waals surface area contributed by atoms with E-state index < -0.39 is 0 Å². The number of fused-ring (bicyclic) bond motifs is 1. The lowest BCUT2D eigenvalue weighted by molar-refractivity contribution is 0.111. The first kappa shape index (κ1) is 14.7. The monoisotopic (exact) mass is 334 g/mol. The first-order valence-electron chi connectivity index (χ1n) is 7.53. The van der Waals surface area contributed by atoms with Crippen LogP contribution >= 0.6 is 11.3 Å². The number of carbonyl (C=O) groups excluding carboxylic acids is 1. The van der Waals surface area contributed by atoms with Crippen molar-refractivity contribution in [3.8, 4) is 17.0 Å². The number of imidazole rings is 1. The first-order chi connectivity index (χ1) is 11.9. The standard InChI is InChI=1S/C19H14N2O2S/c22-12-16-18(20-19-21(16)10-11-24-19)15-8-4-5-9-17(15)23-13-14-6-2-1-3-7-14/h1-12H,13H2. The van der Waals surface area contributed by atoms with Gasteiger partial charge in [-0.2, -0.15) is 0 Å². The third-order valence-corrected chi connectivity index (χ3v) is 4.55. The third-order valence-electron chi connectivity index (χ3n) is 3.79. The summed E-state index contributed by atoms with van der Waals surface area (Å²) >= 11 is 1.50. The number of thiazole rings is 1. The van der Waals surface area contributed by atoms with E-state index in [0.717, 1.165) is 28.1 Å². The van der Waals surface area contributed by atoms with Gasteiger partial charge in [0.25, 0.3) is 0 Å². The number of hydrogen-bond acceptors (Lipinski definition) is 4.